The quantitative estimate of drug-likeness (QED) is 0.822. The van der Waals surface area contributed by atoms with Gasteiger partial charge in [0.05, 0.1) is 6.61 Å². The molecule has 1 rings (SSSR count). The van der Waals surface area contributed by atoms with Gasteiger partial charge < -0.3 is 15.2 Å². The zero-order chi connectivity index (χ0) is 15.3. The monoisotopic (exact) mass is 292 g/mol. The Hall–Kier alpha value is -2.32. The standard InChI is InChI=1S/C11H11F3N2O4/c1-2-19-8(17)5-20-10-6(9(15)18)3-4-7(16-10)11(12,13)14/h3-4H,2,5H2,1H3,(H2,15,18). The highest BCUT2D eigenvalue weighted by Gasteiger charge is 2.33. The number of esters is 1. The third-order valence-corrected chi connectivity index (χ3v) is 2.05. The number of carbonyl (C=O) groups is 2. The Labute approximate surface area is 111 Å². The predicted molar refractivity (Wildman–Crippen MR) is 59.9 cm³/mol. The van der Waals surface area contributed by atoms with Gasteiger partial charge in [0.15, 0.2) is 6.61 Å². The average Bonchev–Trinajstić information content (AvgIpc) is 2.35. The van der Waals surface area contributed by atoms with Crippen molar-refractivity contribution in [3.8, 4) is 5.88 Å². The fourth-order valence-corrected chi connectivity index (χ4v) is 1.23. The molecule has 0 aromatic carbocycles. The molecule has 1 aromatic heterocycles. The molecule has 1 amide bonds. The van der Waals surface area contributed by atoms with E-state index in [1.807, 2.05) is 0 Å². The van der Waals surface area contributed by atoms with E-state index in [4.69, 9.17) is 10.5 Å². The van der Waals surface area contributed by atoms with Gasteiger partial charge in [-0.1, -0.05) is 0 Å². The molecule has 0 unspecified atom stereocenters. The smallest absolute Gasteiger partial charge is 0.433 e. The lowest BCUT2D eigenvalue weighted by Crippen LogP contribution is -2.20. The van der Waals surface area contributed by atoms with Gasteiger partial charge in [0.1, 0.15) is 11.3 Å². The lowest BCUT2D eigenvalue weighted by Gasteiger charge is -2.11. The molecule has 1 heterocycles. The first-order chi connectivity index (χ1) is 9.25. The van der Waals surface area contributed by atoms with Crippen molar-refractivity contribution in [3.05, 3.63) is 23.4 Å². The van der Waals surface area contributed by atoms with Gasteiger partial charge in [0, 0.05) is 0 Å². The van der Waals surface area contributed by atoms with Gasteiger partial charge in [-0.3, -0.25) is 4.79 Å². The fraction of sp³-hybridized carbons (Fsp3) is 0.364. The zero-order valence-electron chi connectivity index (χ0n) is 10.4. The van der Waals surface area contributed by atoms with E-state index in [1.54, 1.807) is 6.92 Å². The van der Waals surface area contributed by atoms with Crippen molar-refractivity contribution in [2.45, 2.75) is 13.1 Å². The Morgan fingerprint density at radius 3 is 2.50 bits per heavy atom. The van der Waals surface area contributed by atoms with Crippen LogP contribution in [0.25, 0.3) is 0 Å². The summed E-state index contributed by atoms with van der Waals surface area (Å²) in [7, 11) is 0. The minimum absolute atomic E-state index is 0.0842. The van der Waals surface area contributed by atoms with Crippen LogP contribution in [-0.4, -0.2) is 30.1 Å². The molecule has 9 heteroatoms. The van der Waals surface area contributed by atoms with E-state index in [2.05, 4.69) is 9.72 Å². The molecule has 0 spiro atoms. The number of amides is 1. The molecule has 0 saturated heterocycles. The Bertz CT molecular complexity index is 517. The van der Waals surface area contributed by atoms with Crippen LogP contribution in [0.15, 0.2) is 12.1 Å². The maximum Gasteiger partial charge on any atom is 0.433 e. The van der Waals surface area contributed by atoms with Crippen LogP contribution < -0.4 is 10.5 Å². The lowest BCUT2D eigenvalue weighted by atomic mass is 10.2. The normalized spacial score (nSPS) is 11.0. The molecule has 1 aromatic rings. The molecule has 110 valence electrons. The number of pyridine rings is 1. The summed E-state index contributed by atoms with van der Waals surface area (Å²) in [5.41, 5.74) is 3.36. The number of halogens is 3. The molecule has 20 heavy (non-hydrogen) atoms. The summed E-state index contributed by atoms with van der Waals surface area (Å²) in [6.07, 6.45) is -4.71. The molecule has 0 aliphatic rings. The molecule has 0 saturated carbocycles. The van der Waals surface area contributed by atoms with Crippen molar-refractivity contribution in [2.24, 2.45) is 5.73 Å². The summed E-state index contributed by atoms with van der Waals surface area (Å²) in [5.74, 6) is -2.49. The topological polar surface area (TPSA) is 91.5 Å². The minimum Gasteiger partial charge on any atom is -0.465 e. The van der Waals surface area contributed by atoms with Crippen LogP contribution in [0, 0.1) is 0 Å². The number of hydrogen-bond donors (Lipinski definition) is 1. The van der Waals surface area contributed by atoms with Gasteiger partial charge in [0.25, 0.3) is 5.91 Å². The zero-order valence-corrected chi connectivity index (χ0v) is 10.4. The van der Waals surface area contributed by atoms with E-state index in [0.29, 0.717) is 6.07 Å². The first-order valence-electron chi connectivity index (χ1n) is 5.42. The molecule has 6 nitrogen and oxygen atoms in total. The van der Waals surface area contributed by atoms with Crippen molar-refractivity contribution in [3.63, 3.8) is 0 Å². The highest BCUT2D eigenvalue weighted by atomic mass is 19.4. The minimum atomic E-state index is -4.71. The summed E-state index contributed by atoms with van der Waals surface area (Å²) in [5, 5.41) is 0. The number of nitrogens with two attached hydrogens (primary N) is 1. The number of ether oxygens (including phenoxy) is 2. The Morgan fingerprint density at radius 1 is 1.35 bits per heavy atom. The van der Waals surface area contributed by atoms with Gasteiger partial charge in [0.2, 0.25) is 5.88 Å². The Kier molecular flexibility index (Phi) is 4.89. The van der Waals surface area contributed by atoms with Crippen LogP contribution in [0.4, 0.5) is 13.2 Å². The summed E-state index contributed by atoms with van der Waals surface area (Å²) in [4.78, 5) is 25.3. The number of aromatic nitrogens is 1. The maximum absolute atomic E-state index is 12.5. The number of primary amides is 1. The molecule has 2 N–H and O–H groups in total. The van der Waals surface area contributed by atoms with Crippen LogP contribution in [0.1, 0.15) is 23.0 Å². The Morgan fingerprint density at radius 2 is 2.00 bits per heavy atom. The van der Waals surface area contributed by atoms with Gasteiger partial charge in [-0.25, -0.2) is 9.78 Å². The number of nitrogens with zero attached hydrogens (tertiary/aromatic N) is 1. The van der Waals surface area contributed by atoms with Crippen molar-refractivity contribution in [2.75, 3.05) is 13.2 Å². The van der Waals surface area contributed by atoms with Crippen molar-refractivity contribution in [1.82, 2.24) is 4.98 Å². The molecule has 0 atom stereocenters. The summed E-state index contributed by atoms with van der Waals surface area (Å²) in [6.45, 7) is 0.957. The third-order valence-electron chi connectivity index (χ3n) is 2.05. The summed E-state index contributed by atoms with van der Waals surface area (Å²) < 4.78 is 46.8. The SMILES string of the molecule is CCOC(=O)COc1nc(C(F)(F)F)ccc1C(N)=O. The van der Waals surface area contributed by atoms with Gasteiger partial charge in [-0.15, -0.1) is 0 Å². The second-order valence-corrected chi connectivity index (χ2v) is 3.50. The first-order valence-corrected chi connectivity index (χ1v) is 5.42. The molecule has 0 bridgehead atoms. The van der Waals surface area contributed by atoms with Crippen molar-refractivity contribution in [1.29, 1.82) is 0 Å². The van der Waals surface area contributed by atoms with E-state index < -0.39 is 36.2 Å². The molecule has 0 fully saturated rings. The highest BCUT2D eigenvalue weighted by molar-refractivity contribution is 5.95. The molecule has 0 aliphatic carbocycles. The van der Waals surface area contributed by atoms with Crippen LogP contribution >= 0.6 is 0 Å². The number of rotatable bonds is 5. The maximum atomic E-state index is 12.5. The summed E-state index contributed by atoms with van der Waals surface area (Å²) in [6, 6.07) is 1.43. The van der Waals surface area contributed by atoms with Crippen LogP contribution in [0.2, 0.25) is 0 Å². The van der Waals surface area contributed by atoms with Crippen molar-refractivity contribution >= 4 is 11.9 Å². The predicted octanol–water partition coefficient (Wildman–Crippen LogP) is 1.14. The second kappa shape index (κ2) is 6.22. The van der Waals surface area contributed by atoms with Gasteiger partial charge in [-0.05, 0) is 19.1 Å². The molecule has 0 radical (unpaired) electrons. The largest absolute Gasteiger partial charge is 0.465 e. The van der Waals surface area contributed by atoms with E-state index in [9.17, 15) is 22.8 Å². The van der Waals surface area contributed by atoms with E-state index in [-0.39, 0.29) is 12.2 Å². The van der Waals surface area contributed by atoms with E-state index in [0.717, 1.165) is 6.07 Å². The second-order valence-electron chi connectivity index (χ2n) is 3.50. The summed E-state index contributed by atoms with van der Waals surface area (Å²) >= 11 is 0. The Balaban J connectivity index is 3.01. The number of carbonyl (C=O) groups excluding carboxylic acids is 2. The number of alkyl halides is 3. The molecular formula is C11H11F3N2O4. The van der Waals surface area contributed by atoms with Gasteiger partial charge >= 0.3 is 12.1 Å². The third kappa shape index (κ3) is 4.11. The van der Waals surface area contributed by atoms with Gasteiger partial charge in [-0.2, -0.15) is 13.2 Å². The van der Waals surface area contributed by atoms with Crippen LogP contribution in [0.3, 0.4) is 0 Å². The molecule has 0 aliphatic heterocycles. The van der Waals surface area contributed by atoms with Crippen LogP contribution in [-0.2, 0) is 15.7 Å². The number of hydrogen-bond acceptors (Lipinski definition) is 5. The average molecular weight is 292 g/mol. The van der Waals surface area contributed by atoms with Crippen LogP contribution in [0.5, 0.6) is 5.88 Å². The van der Waals surface area contributed by atoms with E-state index in [1.165, 1.54) is 0 Å². The highest BCUT2D eigenvalue weighted by Crippen LogP contribution is 2.30. The van der Waals surface area contributed by atoms with E-state index >= 15 is 0 Å². The molecular weight excluding hydrogens is 281 g/mol. The first kappa shape index (κ1) is 15.7. The lowest BCUT2D eigenvalue weighted by molar-refractivity contribution is -0.145. The fourth-order valence-electron chi connectivity index (χ4n) is 1.23. The van der Waals surface area contributed by atoms with Crippen molar-refractivity contribution < 1.29 is 32.2 Å².